The summed E-state index contributed by atoms with van der Waals surface area (Å²) in [4.78, 5) is 51.4. The number of rotatable bonds is 26. The number of nitrogens with one attached hydrogen (secondary N) is 2. The maximum atomic E-state index is 13.2. The van der Waals surface area contributed by atoms with Crippen LogP contribution in [-0.4, -0.2) is 35.8 Å². The summed E-state index contributed by atoms with van der Waals surface area (Å²) >= 11 is 0. The average Bonchev–Trinajstić information content (AvgIpc) is 3.09. The Balaban J connectivity index is 1.75. The molecule has 0 bridgehead atoms. The number of hydrogen-bond acceptors (Lipinski definition) is 6. The lowest BCUT2D eigenvalue weighted by molar-refractivity contribution is -0.150. The molecule has 0 saturated heterocycles. The molecule has 0 aliphatic carbocycles. The van der Waals surface area contributed by atoms with Crippen molar-refractivity contribution >= 4 is 23.8 Å². The lowest BCUT2D eigenvalue weighted by Crippen LogP contribution is -2.51. The molecule has 2 aromatic rings. The van der Waals surface area contributed by atoms with Gasteiger partial charge in [-0.15, -0.1) is 0 Å². The number of amides is 2. The Morgan fingerprint density at radius 3 is 1.57 bits per heavy atom. The fourth-order valence-corrected chi connectivity index (χ4v) is 5.35. The van der Waals surface area contributed by atoms with Gasteiger partial charge in [0.25, 0.3) is 0 Å². The molecular formula is C39H58N2O6. The third-order valence-electron chi connectivity index (χ3n) is 8.27. The van der Waals surface area contributed by atoms with Crippen LogP contribution in [0.3, 0.4) is 0 Å². The predicted octanol–water partition coefficient (Wildman–Crippen LogP) is 8.11. The maximum absolute atomic E-state index is 13.2. The molecule has 0 aromatic heterocycles. The minimum Gasteiger partial charge on any atom is -0.461 e. The van der Waals surface area contributed by atoms with Gasteiger partial charge in [-0.05, 0) is 30.4 Å². The number of carbonyl (C=O) groups excluding carboxylic acids is 4. The first-order valence-corrected chi connectivity index (χ1v) is 17.9. The summed E-state index contributed by atoms with van der Waals surface area (Å²) in [6.45, 7) is 4.22. The third kappa shape index (κ3) is 18.9. The second-order valence-electron chi connectivity index (χ2n) is 12.4. The molecule has 0 unspecified atom stereocenters. The normalized spacial score (nSPS) is 12.1. The van der Waals surface area contributed by atoms with Crippen LogP contribution < -0.4 is 10.6 Å². The maximum Gasteiger partial charge on any atom is 0.328 e. The van der Waals surface area contributed by atoms with Gasteiger partial charge in [-0.3, -0.25) is 14.4 Å². The van der Waals surface area contributed by atoms with Crippen molar-refractivity contribution in [3.63, 3.8) is 0 Å². The Labute approximate surface area is 282 Å². The highest BCUT2D eigenvalue weighted by atomic mass is 16.5. The summed E-state index contributed by atoms with van der Waals surface area (Å²) in [7, 11) is 0. The molecule has 0 aliphatic rings. The summed E-state index contributed by atoms with van der Waals surface area (Å²) < 4.78 is 10.8. The quantitative estimate of drug-likeness (QED) is 0.0786. The van der Waals surface area contributed by atoms with Crippen LogP contribution in [0.15, 0.2) is 60.7 Å². The molecular weight excluding hydrogens is 592 g/mol. The second kappa shape index (κ2) is 25.4. The van der Waals surface area contributed by atoms with E-state index in [1.165, 1.54) is 64.2 Å². The van der Waals surface area contributed by atoms with Crippen molar-refractivity contribution < 1.29 is 28.7 Å². The lowest BCUT2D eigenvalue weighted by Gasteiger charge is -2.22. The van der Waals surface area contributed by atoms with E-state index in [2.05, 4.69) is 17.6 Å². The minimum absolute atomic E-state index is 0.0102. The Morgan fingerprint density at radius 2 is 1.06 bits per heavy atom. The third-order valence-corrected chi connectivity index (χ3v) is 8.27. The summed E-state index contributed by atoms with van der Waals surface area (Å²) in [6.07, 6.45) is 16.7. The number of esters is 2. The van der Waals surface area contributed by atoms with Crippen molar-refractivity contribution in [1.82, 2.24) is 10.6 Å². The van der Waals surface area contributed by atoms with Crippen molar-refractivity contribution in [3.8, 4) is 0 Å². The number of carbonyl (C=O) groups is 4. The molecule has 2 atom stereocenters. The summed E-state index contributed by atoms with van der Waals surface area (Å²) in [6, 6.07) is 16.7. The number of benzene rings is 2. The topological polar surface area (TPSA) is 111 Å². The smallest absolute Gasteiger partial charge is 0.328 e. The van der Waals surface area contributed by atoms with Crippen LogP contribution in [0.4, 0.5) is 0 Å². The molecule has 0 aliphatic heterocycles. The second-order valence-corrected chi connectivity index (χ2v) is 12.4. The van der Waals surface area contributed by atoms with Gasteiger partial charge in [-0.2, -0.15) is 0 Å². The first-order valence-electron chi connectivity index (χ1n) is 17.9. The van der Waals surface area contributed by atoms with Crippen LogP contribution >= 0.6 is 0 Å². The fourth-order valence-electron chi connectivity index (χ4n) is 5.35. The van der Waals surface area contributed by atoms with Crippen molar-refractivity contribution in [3.05, 3.63) is 71.8 Å². The van der Waals surface area contributed by atoms with Gasteiger partial charge in [0.2, 0.25) is 11.8 Å². The largest absolute Gasteiger partial charge is 0.461 e. The van der Waals surface area contributed by atoms with Gasteiger partial charge >= 0.3 is 11.9 Å². The molecule has 8 nitrogen and oxygen atoms in total. The van der Waals surface area contributed by atoms with E-state index in [-0.39, 0.29) is 32.0 Å². The monoisotopic (exact) mass is 650 g/mol. The zero-order valence-electron chi connectivity index (χ0n) is 28.8. The predicted molar refractivity (Wildman–Crippen MR) is 186 cm³/mol. The fraction of sp³-hybridized carbons (Fsp3) is 0.590. The Morgan fingerprint density at radius 1 is 0.574 bits per heavy atom. The van der Waals surface area contributed by atoms with Crippen molar-refractivity contribution in [2.75, 3.05) is 0 Å². The summed E-state index contributed by atoms with van der Waals surface area (Å²) in [5.74, 6) is -1.79. The van der Waals surface area contributed by atoms with E-state index in [0.29, 0.717) is 12.8 Å². The molecule has 8 heteroatoms. The van der Waals surface area contributed by atoms with E-state index in [1.807, 2.05) is 60.7 Å². The molecule has 0 heterocycles. The molecule has 2 N–H and O–H groups in total. The zero-order chi connectivity index (χ0) is 34.0. The van der Waals surface area contributed by atoms with Crippen LogP contribution in [0.2, 0.25) is 0 Å². The van der Waals surface area contributed by atoms with Crippen LogP contribution in [0.1, 0.15) is 134 Å². The van der Waals surface area contributed by atoms with Gasteiger partial charge in [-0.1, -0.05) is 152 Å². The van der Waals surface area contributed by atoms with E-state index < -0.39 is 29.9 Å². The van der Waals surface area contributed by atoms with Crippen LogP contribution in [0.25, 0.3) is 0 Å². The van der Waals surface area contributed by atoms with Gasteiger partial charge in [0.15, 0.2) is 0 Å². The van der Waals surface area contributed by atoms with E-state index in [0.717, 1.165) is 30.4 Å². The minimum atomic E-state index is -1.07. The van der Waals surface area contributed by atoms with E-state index in [4.69, 9.17) is 9.47 Å². The molecule has 260 valence electrons. The first-order chi connectivity index (χ1) is 22.9. The molecule has 0 saturated carbocycles. The Bertz CT molecular complexity index is 1140. The van der Waals surface area contributed by atoms with Gasteiger partial charge < -0.3 is 20.1 Å². The molecule has 0 fully saturated rings. The number of ether oxygens (including phenoxy) is 2. The van der Waals surface area contributed by atoms with Crippen LogP contribution in [-0.2, 0) is 41.9 Å². The Hall–Kier alpha value is -3.68. The lowest BCUT2D eigenvalue weighted by atomic mass is 10.0. The van der Waals surface area contributed by atoms with Crippen molar-refractivity contribution in [2.45, 2.75) is 148 Å². The molecule has 2 rings (SSSR count). The average molecular weight is 651 g/mol. The highest BCUT2D eigenvalue weighted by Crippen LogP contribution is 2.13. The SMILES string of the molecule is CCCCCCCCCCCCCCCC(=O)N[C@@H](CC)C(=O)N[C@H](CCC(=O)OCc1ccccc1)C(=O)OCc1ccccc1. The van der Waals surface area contributed by atoms with E-state index in [9.17, 15) is 19.2 Å². The highest BCUT2D eigenvalue weighted by molar-refractivity contribution is 5.90. The van der Waals surface area contributed by atoms with E-state index in [1.54, 1.807) is 6.92 Å². The van der Waals surface area contributed by atoms with Crippen LogP contribution in [0, 0.1) is 0 Å². The molecule has 2 amide bonds. The summed E-state index contributed by atoms with van der Waals surface area (Å²) in [5.41, 5.74) is 1.66. The van der Waals surface area contributed by atoms with Gasteiger partial charge in [-0.25, -0.2) is 4.79 Å². The molecule has 0 radical (unpaired) electrons. The highest BCUT2D eigenvalue weighted by Gasteiger charge is 2.27. The van der Waals surface area contributed by atoms with Crippen LogP contribution in [0.5, 0.6) is 0 Å². The Kier molecular flexibility index (Phi) is 21.4. The van der Waals surface area contributed by atoms with Gasteiger partial charge in [0.1, 0.15) is 25.3 Å². The van der Waals surface area contributed by atoms with Gasteiger partial charge in [0, 0.05) is 12.8 Å². The molecule has 2 aromatic carbocycles. The summed E-state index contributed by atoms with van der Waals surface area (Å²) in [5, 5.41) is 5.54. The zero-order valence-corrected chi connectivity index (χ0v) is 28.8. The van der Waals surface area contributed by atoms with Crippen molar-refractivity contribution in [1.29, 1.82) is 0 Å². The van der Waals surface area contributed by atoms with E-state index >= 15 is 0 Å². The number of unbranched alkanes of at least 4 members (excludes halogenated alkanes) is 12. The first kappa shape index (κ1) is 39.5. The number of hydrogen-bond donors (Lipinski definition) is 2. The standard InChI is InChI=1S/C39H58N2O6/c1-3-5-6-7-8-9-10-11-12-13-14-15-22-27-36(42)40-34(4-2)38(44)41-35(39(45)47-31-33-25-20-17-21-26-33)28-29-37(43)46-30-32-23-18-16-19-24-32/h16-21,23-26,34-35H,3-15,22,27-31H2,1-2H3,(H,40,42)(H,41,44)/t34-,35+/m0/s1. The molecule has 47 heavy (non-hydrogen) atoms. The molecule has 0 spiro atoms. The van der Waals surface area contributed by atoms with Gasteiger partial charge in [0.05, 0.1) is 0 Å². The van der Waals surface area contributed by atoms with Crippen molar-refractivity contribution in [2.24, 2.45) is 0 Å².